The number of rotatable bonds is 5. The van der Waals surface area contributed by atoms with Gasteiger partial charge < -0.3 is 9.84 Å². The molecular weight excluding hydrogens is 298 g/mol. The maximum absolute atomic E-state index is 5.33. The summed E-state index contributed by atoms with van der Waals surface area (Å²) in [4.78, 5) is 8.96. The SMILES string of the molecule is CC(Nc1nc(C2CC2)ns1)c1noc(-c2ccccc2)n1. The van der Waals surface area contributed by atoms with Crippen molar-refractivity contribution >= 4 is 16.7 Å². The number of nitrogens with one attached hydrogen (secondary N) is 1. The Morgan fingerprint density at radius 1 is 1.23 bits per heavy atom. The van der Waals surface area contributed by atoms with Gasteiger partial charge in [-0.3, -0.25) is 0 Å². The lowest BCUT2D eigenvalue weighted by Gasteiger charge is -2.06. The summed E-state index contributed by atoms with van der Waals surface area (Å²) in [6.45, 7) is 1.98. The van der Waals surface area contributed by atoms with E-state index in [9.17, 15) is 0 Å². The maximum atomic E-state index is 5.33. The van der Waals surface area contributed by atoms with Crippen molar-refractivity contribution in [1.82, 2.24) is 19.5 Å². The van der Waals surface area contributed by atoms with Crippen LogP contribution in [0.15, 0.2) is 34.9 Å². The van der Waals surface area contributed by atoms with Crippen molar-refractivity contribution in [3.05, 3.63) is 42.0 Å². The molecule has 0 aliphatic heterocycles. The van der Waals surface area contributed by atoms with Gasteiger partial charge in [0.1, 0.15) is 5.82 Å². The number of aromatic nitrogens is 4. The van der Waals surface area contributed by atoms with E-state index < -0.39 is 0 Å². The van der Waals surface area contributed by atoms with Crippen LogP contribution in [0.1, 0.15) is 43.4 Å². The highest BCUT2D eigenvalue weighted by Crippen LogP contribution is 2.39. The Hall–Kier alpha value is -2.28. The van der Waals surface area contributed by atoms with Crippen LogP contribution in [0.5, 0.6) is 0 Å². The molecule has 6 nitrogen and oxygen atoms in total. The van der Waals surface area contributed by atoms with Crippen LogP contribution in [0.4, 0.5) is 5.13 Å². The highest BCUT2D eigenvalue weighted by Gasteiger charge is 2.28. The van der Waals surface area contributed by atoms with Gasteiger partial charge in [0, 0.05) is 23.0 Å². The molecule has 1 fully saturated rings. The topological polar surface area (TPSA) is 76.7 Å². The fraction of sp³-hybridized carbons (Fsp3) is 0.333. The van der Waals surface area contributed by atoms with E-state index in [0.717, 1.165) is 16.5 Å². The van der Waals surface area contributed by atoms with Gasteiger partial charge in [-0.05, 0) is 31.9 Å². The van der Waals surface area contributed by atoms with Crippen LogP contribution in [0.2, 0.25) is 0 Å². The Balaban J connectivity index is 1.48. The summed E-state index contributed by atoms with van der Waals surface area (Å²) in [6.07, 6.45) is 2.41. The summed E-state index contributed by atoms with van der Waals surface area (Å²) in [5, 5.41) is 8.14. The van der Waals surface area contributed by atoms with Crippen LogP contribution >= 0.6 is 11.5 Å². The highest BCUT2D eigenvalue weighted by atomic mass is 32.1. The van der Waals surface area contributed by atoms with Gasteiger partial charge in [0.2, 0.25) is 5.13 Å². The summed E-state index contributed by atoms with van der Waals surface area (Å²) in [6, 6.07) is 9.66. The second kappa shape index (κ2) is 5.49. The Kier molecular flexibility index (Phi) is 3.34. The Bertz CT molecular complexity index is 765. The lowest BCUT2D eigenvalue weighted by Crippen LogP contribution is -2.08. The first-order valence-electron chi connectivity index (χ1n) is 7.29. The standard InChI is InChI=1S/C15H15N5OS/c1-9(16-15-18-13(20-22-15)10-7-8-10)12-17-14(21-19-12)11-5-3-2-4-6-11/h2-6,9-10H,7-8H2,1H3,(H,16,18,20). The van der Waals surface area contributed by atoms with Crippen molar-refractivity contribution in [2.45, 2.75) is 31.7 Å². The molecule has 7 heteroatoms. The second-order valence-corrected chi connectivity index (χ2v) is 6.17. The molecule has 0 radical (unpaired) electrons. The zero-order valence-corrected chi connectivity index (χ0v) is 12.9. The lowest BCUT2D eigenvalue weighted by molar-refractivity contribution is 0.420. The van der Waals surface area contributed by atoms with Crippen LogP contribution < -0.4 is 5.32 Å². The van der Waals surface area contributed by atoms with E-state index in [-0.39, 0.29) is 6.04 Å². The molecule has 0 saturated heterocycles. The molecule has 0 bridgehead atoms. The number of hydrogen-bond donors (Lipinski definition) is 1. The van der Waals surface area contributed by atoms with E-state index in [4.69, 9.17) is 4.52 Å². The van der Waals surface area contributed by atoms with E-state index >= 15 is 0 Å². The van der Waals surface area contributed by atoms with Crippen LogP contribution in [0.25, 0.3) is 11.5 Å². The first kappa shape index (κ1) is 13.4. The van der Waals surface area contributed by atoms with Crippen molar-refractivity contribution in [1.29, 1.82) is 0 Å². The molecule has 1 unspecified atom stereocenters. The third-order valence-electron chi connectivity index (χ3n) is 3.57. The molecule has 112 valence electrons. The van der Waals surface area contributed by atoms with Crippen LogP contribution in [0.3, 0.4) is 0 Å². The number of nitrogens with zero attached hydrogens (tertiary/aromatic N) is 4. The maximum Gasteiger partial charge on any atom is 0.257 e. The van der Waals surface area contributed by atoms with Gasteiger partial charge in [-0.15, -0.1) is 0 Å². The van der Waals surface area contributed by atoms with E-state index in [1.165, 1.54) is 24.4 Å². The van der Waals surface area contributed by atoms with Gasteiger partial charge >= 0.3 is 0 Å². The molecule has 2 aromatic heterocycles. The molecule has 0 spiro atoms. The minimum Gasteiger partial charge on any atom is -0.350 e. The van der Waals surface area contributed by atoms with Crippen LogP contribution in [0, 0.1) is 0 Å². The van der Waals surface area contributed by atoms with Crippen molar-refractivity contribution in [3.8, 4) is 11.5 Å². The summed E-state index contributed by atoms with van der Waals surface area (Å²) < 4.78 is 9.71. The van der Waals surface area contributed by atoms with E-state index in [1.807, 2.05) is 37.3 Å². The molecule has 1 atom stereocenters. The molecule has 2 heterocycles. The van der Waals surface area contributed by atoms with Gasteiger partial charge in [-0.2, -0.15) is 9.36 Å². The minimum atomic E-state index is -0.0822. The molecular formula is C15H15N5OS. The molecule has 1 aliphatic rings. The zero-order chi connectivity index (χ0) is 14.9. The first-order valence-corrected chi connectivity index (χ1v) is 8.06. The molecule has 1 aromatic carbocycles. The molecule has 1 aliphatic carbocycles. The second-order valence-electron chi connectivity index (χ2n) is 5.42. The normalized spacial score (nSPS) is 15.7. The minimum absolute atomic E-state index is 0.0822. The van der Waals surface area contributed by atoms with Crippen molar-refractivity contribution < 1.29 is 4.52 Å². The fourth-order valence-corrected chi connectivity index (χ4v) is 2.89. The third kappa shape index (κ3) is 2.71. The predicted molar refractivity (Wildman–Crippen MR) is 83.7 cm³/mol. The average molecular weight is 313 g/mol. The Labute approximate surface area is 131 Å². The molecule has 3 aromatic rings. The van der Waals surface area contributed by atoms with E-state index in [0.29, 0.717) is 17.6 Å². The molecule has 4 rings (SSSR count). The monoisotopic (exact) mass is 313 g/mol. The van der Waals surface area contributed by atoms with Crippen LogP contribution in [-0.2, 0) is 0 Å². The quantitative estimate of drug-likeness (QED) is 0.775. The van der Waals surface area contributed by atoms with E-state index in [1.54, 1.807) is 0 Å². The Morgan fingerprint density at radius 3 is 2.82 bits per heavy atom. The Morgan fingerprint density at radius 2 is 2.05 bits per heavy atom. The summed E-state index contributed by atoms with van der Waals surface area (Å²) in [5.74, 6) is 2.66. The number of benzene rings is 1. The van der Waals surface area contributed by atoms with Crippen molar-refractivity contribution in [3.63, 3.8) is 0 Å². The van der Waals surface area contributed by atoms with Crippen LogP contribution in [-0.4, -0.2) is 19.5 Å². The van der Waals surface area contributed by atoms with E-state index in [2.05, 4.69) is 24.8 Å². The average Bonchev–Trinajstić information content (AvgIpc) is 3.10. The molecule has 1 saturated carbocycles. The van der Waals surface area contributed by atoms with Gasteiger partial charge in [0.05, 0.1) is 6.04 Å². The summed E-state index contributed by atoms with van der Waals surface area (Å²) in [7, 11) is 0. The summed E-state index contributed by atoms with van der Waals surface area (Å²) in [5.41, 5.74) is 0.917. The smallest absolute Gasteiger partial charge is 0.257 e. The molecule has 22 heavy (non-hydrogen) atoms. The predicted octanol–water partition coefficient (Wildman–Crippen LogP) is 3.64. The molecule has 1 N–H and O–H groups in total. The summed E-state index contributed by atoms with van der Waals surface area (Å²) >= 11 is 1.39. The van der Waals surface area contributed by atoms with Gasteiger partial charge in [-0.25, -0.2) is 4.98 Å². The number of hydrogen-bond acceptors (Lipinski definition) is 7. The fourth-order valence-electron chi connectivity index (χ4n) is 2.16. The highest BCUT2D eigenvalue weighted by molar-refractivity contribution is 7.09. The van der Waals surface area contributed by atoms with Crippen molar-refractivity contribution in [2.75, 3.05) is 5.32 Å². The van der Waals surface area contributed by atoms with Gasteiger partial charge in [0.15, 0.2) is 5.82 Å². The lowest BCUT2D eigenvalue weighted by atomic mass is 10.2. The largest absolute Gasteiger partial charge is 0.350 e. The first-order chi connectivity index (χ1) is 10.8. The van der Waals surface area contributed by atoms with Gasteiger partial charge in [0.25, 0.3) is 5.89 Å². The zero-order valence-electron chi connectivity index (χ0n) is 12.1. The molecule has 0 amide bonds. The number of anilines is 1. The third-order valence-corrected chi connectivity index (χ3v) is 4.23. The van der Waals surface area contributed by atoms with Crippen molar-refractivity contribution in [2.24, 2.45) is 0 Å². The van der Waals surface area contributed by atoms with Gasteiger partial charge in [-0.1, -0.05) is 23.4 Å².